The molecule has 0 unspecified atom stereocenters. The van der Waals surface area contributed by atoms with Gasteiger partial charge in [0.1, 0.15) is 22.9 Å². The minimum atomic E-state index is -0.363. The average Bonchev–Trinajstić information content (AvgIpc) is 3.65. The summed E-state index contributed by atoms with van der Waals surface area (Å²) in [5.74, 6) is 0.893. The number of benzene rings is 3. The molecular weight excluding hydrogens is 519 g/mol. The van der Waals surface area contributed by atoms with Crippen LogP contribution < -0.4 is 15.4 Å². The van der Waals surface area contributed by atoms with Gasteiger partial charge in [-0.05, 0) is 116 Å². The van der Waals surface area contributed by atoms with Gasteiger partial charge in [-0.15, -0.1) is 0 Å². The summed E-state index contributed by atoms with van der Waals surface area (Å²) in [6.07, 6.45) is 5.99. The zero-order valence-electron chi connectivity index (χ0n) is 23.9. The molecule has 7 rings (SSSR count). The Hall–Kier alpha value is -4.13. The number of fused-ring (bicyclic) bond motifs is 2. The smallest absolute Gasteiger partial charge is 0.255 e. The van der Waals surface area contributed by atoms with Crippen LogP contribution in [-0.2, 0) is 6.42 Å². The number of halogens is 1. The van der Waals surface area contributed by atoms with Crippen molar-refractivity contribution in [1.29, 1.82) is 0 Å². The van der Waals surface area contributed by atoms with Crippen LogP contribution in [0.2, 0.25) is 0 Å². The summed E-state index contributed by atoms with van der Waals surface area (Å²) in [5, 5.41) is 6.71. The van der Waals surface area contributed by atoms with Gasteiger partial charge < -0.3 is 19.8 Å². The van der Waals surface area contributed by atoms with Gasteiger partial charge in [-0.1, -0.05) is 13.3 Å². The summed E-state index contributed by atoms with van der Waals surface area (Å²) < 4.78 is 25.6. The van der Waals surface area contributed by atoms with E-state index in [4.69, 9.17) is 9.15 Å². The van der Waals surface area contributed by atoms with E-state index in [9.17, 15) is 14.0 Å². The number of nitrogens with one attached hydrogen (secondary N) is 2. The van der Waals surface area contributed by atoms with Crippen molar-refractivity contribution < 1.29 is 23.1 Å². The van der Waals surface area contributed by atoms with Gasteiger partial charge >= 0.3 is 0 Å². The van der Waals surface area contributed by atoms with Crippen LogP contribution in [0.25, 0.3) is 33.4 Å². The van der Waals surface area contributed by atoms with Gasteiger partial charge in [-0.25, -0.2) is 4.39 Å². The number of furan rings is 1. The monoisotopic (exact) mass is 554 g/mol. The molecule has 1 aromatic heterocycles. The van der Waals surface area contributed by atoms with Crippen molar-refractivity contribution in [1.82, 2.24) is 10.6 Å². The third-order valence-corrected chi connectivity index (χ3v) is 8.84. The zero-order valence-corrected chi connectivity index (χ0v) is 23.9. The Balaban J connectivity index is 1.52. The standard InChI is InChI=1S/C34H35FN2O4/c1-5-6-22-14-29-26(30(33(39)36-3)31(41-29)21-7-9-23(35)10-8-21)16-25(22)24-15-27(28(40-4)13-19(24)2)32(38)37-34-12-11-20(17-34)18-34/h7-10,13-16,20H,5-6,11-12,17-18H2,1-4H3,(H,36,39)(H,37,38). The lowest BCUT2D eigenvalue weighted by molar-refractivity contribution is 0.0837. The molecular formula is C34H35FN2O4. The van der Waals surface area contributed by atoms with Gasteiger partial charge in [0.2, 0.25) is 0 Å². The Bertz CT molecular complexity index is 1660. The van der Waals surface area contributed by atoms with Gasteiger partial charge in [0.05, 0.1) is 18.2 Å². The minimum absolute atomic E-state index is 0.0833. The number of carbonyl (C=O) groups is 2. The fourth-order valence-electron chi connectivity index (χ4n) is 6.79. The summed E-state index contributed by atoms with van der Waals surface area (Å²) in [6, 6.07) is 13.7. The Labute approximate surface area is 239 Å². The largest absolute Gasteiger partial charge is 0.496 e. The highest BCUT2D eigenvalue weighted by atomic mass is 19.1. The van der Waals surface area contributed by atoms with E-state index in [0.717, 1.165) is 60.3 Å². The molecule has 1 heterocycles. The number of rotatable bonds is 8. The molecule has 7 heteroatoms. The van der Waals surface area contributed by atoms with Crippen LogP contribution in [-0.4, -0.2) is 31.5 Å². The predicted octanol–water partition coefficient (Wildman–Crippen LogP) is 7.21. The molecule has 41 heavy (non-hydrogen) atoms. The van der Waals surface area contributed by atoms with E-state index in [1.165, 1.54) is 18.6 Å². The molecule has 4 aromatic rings. The van der Waals surface area contributed by atoms with E-state index >= 15 is 0 Å². The van der Waals surface area contributed by atoms with Gasteiger partial charge in [0, 0.05) is 23.5 Å². The molecule has 2 bridgehead atoms. The highest BCUT2D eigenvalue weighted by molar-refractivity contribution is 6.12. The summed E-state index contributed by atoms with van der Waals surface area (Å²) in [6.45, 7) is 4.12. The van der Waals surface area contributed by atoms with Gasteiger partial charge in [0.15, 0.2) is 0 Å². The molecule has 2 N–H and O–H groups in total. The third kappa shape index (κ3) is 4.67. The Morgan fingerprint density at radius 3 is 2.46 bits per heavy atom. The molecule has 3 saturated carbocycles. The van der Waals surface area contributed by atoms with E-state index in [1.54, 1.807) is 26.3 Å². The molecule has 0 saturated heterocycles. The fraction of sp³-hybridized carbons (Fsp3) is 0.353. The molecule has 3 aliphatic carbocycles. The second-order valence-corrected chi connectivity index (χ2v) is 11.6. The van der Waals surface area contributed by atoms with E-state index in [2.05, 4.69) is 17.6 Å². The van der Waals surface area contributed by atoms with Crippen molar-refractivity contribution in [3.05, 3.63) is 76.6 Å². The predicted molar refractivity (Wildman–Crippen MR) is 158 cm³/mol. The van der Waals surface area contributed by atoms with Crippen molar-refractivity contribution in [3.8, 4) is 28.2 Å². The Morgan fingerprint density at radius 2 is 1.83 bits per heavy atom. The van der Waals surface area contributed by atoms with Gasteiger partial charge in [-0.3, -0.25) is 9.59 Å². The molecule has 0 radical (unpaired) electrons. The molecule has 0 spiro atoms. The highest BCUT2D eigenvalue weighted by Gasteiger charge is 2.51. The minimum Gasteiger partial charge on any atom is -0.496 e. The fourth-order valence-corrected chi connectivity index (χ4v) is 6.79. The molecule has 0 aliphatic heterocycles. The molecule has 3 fully saturated rings. The van der Waals surface area contributed by atoms with Crippen LogP contribution in [0, 0.1) is 18.7 Å². The first-order valence-corrected chi connectivity index (χ1v) is 14.3. The maximum absolute atomic E-state index is 13.7. The van der Waals surface area contributed by atoms with E-state index in [0.29, 0.717) is 39.2 Å². The summed E-state index contributed by atoms with van der Waals surface area (Å²) in [4.78, 5) is 26.8. The average molecular weight is 555 g/mol. The lowest BCUT2D eigenvalue weighted by Gasteiger charge is -2.39. The number of aryl methyl sites for hydroxylation is 2. The summed E-state index contributed by atoms with van der Waals surface area (Å²) >= 11 is 0. The van der Waals surface area contributed by atoms with Gasteiger partial charge in [-0.2, -0.15) is 0 Å². The van der Waals surface area contributed by atoms with Crippen LogP contribution >= 0.6 is 0 Å². The zero-order chi connectivity index (χ0) is 28.9. The normalized spacial score (nSPS) is 19.2. The van der Waals surface area contributed by atoms with E-state index in [-0.39, 0.29) is 23.2 Å². The lowest BCUT2D eigenvalue weighted by Crippen LogP contribution is -2.51. The van der Waals surface area contributed by atoms with Gasteiger partial charge in [0.25, 0.3) is 11.8 Å². The number of hydrogen-bond donors (Lipinski definition) is 2. The number of ether oxygens (including phenoxy) is 1. The highest BCUT2D eigenvalue weighted by Crippen LogP contribution is 2.52. The van der Waals surface area contributed by atoms with Crippen LogP contribution in [0.4, 0.5) is 4.39 Å². The first-order valence-electron chi connectivity index (χ1n) is 14.3. The van der Waals surface area contributed by atoms with Crippen molar-refractivity contribution in [2.45, 2.75) is 57.9 Å². The van der Waals surface area contributed by atoms with E-state index < -0.39 is 0 Å². The second kappa shape index (κ2) is 10.4. The first-order chi connectivity index (χ1) is 19.8. The SMILES string of the molecule is CCCc1cc2oc(-c3ccc(F)cc3)c(C(=O)NC)c2cc1-c1cc(C(=O)NC23CCC(C2)C3)c(OC)cc1C. The van der Waals surface area contributed by atoms with E-state index in [1.807, 2.05) is 31.2 Å². The quantitative estimate of drug-likeness (QED) is 0.241. The molecule has 0 atom stereocenters. The first kappa shape index (κ1) is 27.1. The lowest BCUT2D eigenvalue weighted by atomic mass is 9.77. The van der Waals surface area contributed by atoms with Crippen molar-refractivity contribution in [2.75, 3.05) is 14.2 Å². The molecule has 3 aliphatic rings. The maximum atomic E-state index is 13.7. The number of carbonyl (C=O) groups excluding carboxylic acids is 2. The van der Waals surface area contributed by atoms with Crippen molar-refractivity contribution in [2.24, 2.45) is 5.92 Å². The summed E-state index contributed by atoms with van der Waals surface area (Å²) in [5.41, 5.74) is 5.87. The Kier molecular flexibility index (Phi) is 6.84. The van der Waals surface area contributed by atoms with Crippen LogP contribution in [0.3, 0.4) is 0 Å². The van der Waals surface area contributed by atoms with Crippen molar-refractivity contribution in [3.63, 3.8) is 0 Å². The number of methoxy groups -OCH3 is 1. The van der Waals surface area contributed by atoms with Crippen LogP contribution in [0.1, 0.15) is 70.9 Å². The Morgan fingerprint density at radius 1 is 1.07 bits per heavy atom. The number of amides is 2. The topological polar surface area (TPSA) is 80.6 Å². The molecule has 2 amide bonds. The van der Waals surface area contributed by atoms with Crippen molar-refractivity contribution >= 4 is 22.8 Å². The maximum Gasteiger partial charge on any atom is 0.255 e. The summed E-state index contributed by atoms with van der Waals surface area (Å²) in [7, 11) is 3.17. The number of hydrogen-bond acceptors (Lipinski definition) is 4. The van der Waals surface area contributed by atoms with Crippen LogP contribution in [0.15, 0.2) is 52.9 Å². The third-order valence-electron chi connectivity index (χ3n) is 8.84. The molecule has 3 aromatic carbocycles. The molecule has 212 valence electrons. The molecule has 6 nitrogen and oxygen atoms in total. The van der Waals surface area contributed by atoms with Crippen LogP contribution in [0.5, 0.6) is 5.75 Å². The second-order valence-electron chi connectivity index (χ2n) is 11.6.